The average molecular weight is 335 g/mol. The van der Waals surface area contributed by atoms with Crippen molar-refractivity contribution in [3.05, 3.63) is 64.9 Å². The van der Waals surface area contributed by atoms with Gasteiger partial charge in [0.1, 0.15) is 5.82 Å². The molecule has 1 fully saturated rings. The lowest BCUT2D eigenvalue weighted by molar-refractivity contribution is 0.187. The smallest absolute Gasteiger partial charge is 0.319 e. The van der Waals surface area contributed by atoms with E-state index < -0.39 is 0 Å². The minimum Gasteiger partial charge on any atom is -0.379 e. The lowest BCUT2D eigenvalue weighted by Crippen LogP contribution is -2.41. The standard InChI is InChI=1S/C17H16ClFN2O2/c18-12-3-1-11(2-4-12)15-9-23-10-16(15)21-17(22)20-14-7-5-13(19)6-8-14/h1-8,15-16H,9-10H2,(H2,20,21,22)/t15-,16-/m0/s1. The van der Waals surface area contributed by atoms with E-state index in [0.717, 1.165) is 5.56 Å². The number of hydrogen-bond donors (Lipinski definition) is 2. The second kappa shape index (κ2) is 6.98. The molecule has 0 aliphatic carbocycles. The van der Waals surface area contributed by atoms with Gasteiger partial charge in [0.05, 0.1) is 19.3 Å². The minimum atomic E-state index is -0.344. The van der Waals surface area contributed by atoms with E-state index in [2.05, 4.69) is 10.6 Å². The molecule has 3 rings (SSSR count). The van der Waals surface area contributed by atoms with Crippen LogP contribution in [0.15, 0.2) is 48.5 Å². The van der Waals surface area contributed by atoms with Crippen LogP contribution in [0.25, 0.3) is 0 Å². The number of nitrogens with one attached hydrogen (secondary N) is 2. The second-order valence-corrected chi connectivity index (χ2v) is 5.84. The van der Waals surface area contributed by atoms with Crippen molar-refractivity contribution >= 4 is 23.3 Å². The maximum absolute atomic E-state index is 12.9. The third-order valence-corrected chi connectivity index (χ3v) is 4.05. The fourth-order valence-corrected chi connectivity index (χ4v) is 2.73. The minimum absolute atomic E-state index is 0.0752. The van der Waals surface area contributed by atoms with Crippen LogP contribution in [-0.2, 0) is 4.74 Å². The van der Waals surface area contributed by atoms with Crippen LogP contribution in [0, 0.1) is 5.82 Å². The van der Waals surface area contributed by atoms with Gasteiger partial charge in [-0.1, -0.05) is 23.7 Å². The quantitative estimate of drug-likeness (QED) is 0.897. The Morgan fingerprint density at radius 3 is 2.48 bits per heavy atom. The summed E-state index contributed by atoms with van der Waals surface area (Å²) in [7, 11) is 0. The molecule has 0 saturated carbocycles. The summed E-state index contributed by atoms with van der Waals surface area (Å²) in [4.78, 5) is 12.1. The summed E-state index contributed by atoms with van der Waals surface area (Å²) in [5, 5.41) is 6.26. The number of anilines is 1. The van der Waals surface area contributed by atoms with Gasteiger partial charge in [0.25, 0.3) is 0 Å². The Morgan fingerprint density at radius 2 is 1.78 bits per heavy atom. The number of benzene rings is 2. The van der Waals surface area contributed by atoms with Crippen LogP contribution < -0.4 is 10.6 Å². The van der Waals surface area contributed by atoms with Gasteiger partial charge in [0, 0.05) is 16.6 Å². The van der Waals surface area contributed by atoms with E-state index >= 15 is 0 Å². The molecule has 2 atom stereocenters. The zero-order chi connectivity index (χ0) is 16.2. The highest BCUT2D eigenvalue weighted by molar-refractivity contribution is 6.30. The molecule has 1 saturated heterocycles. The molecule has 0 bridgehead atoms. The van der Waals surface area contributed by atoms with Crippen molar-refractivity contribution in [2.24, 2.45) is 0 Å². The van der Waals surface area contributed by atoms with E-state index in [-0.39, 0.29) is 23.8 Å². The second-order valence-electron chi connectivity index (χ2n) is 5.41. The van der Waals surface area contributed by atoms with Gasteiger partial charge in [-0.25, -0.2) is 9.18 Å². The van der Waals surface area contributed by atoms with E-state index in [1.165, 1.54) is 24.3 Å². The average Bonchev–Trinajstić information content (AvgIpc) is 2.98. The van der Waals surface area contributed by atoms with E-state index in [1.807, 2.05) is 24.3 Å². The summed E-state index contributed by atoms with van der Waals surface area (Å²) in [6, 6.07) is 12.7. The molecule has 1 heterocycles. The zero-order valence-corrected chi connectivity index (χ0v) is 13.0. The molecule has 2 N–H and O–H groups in total. The van der Waals surface area contributed by atoms with Crippen LogP contribution in [0.2, 0.25) is 5.02 Å². The summed E-state index contributed by atoms with van der Waals surface area (Å²) >= 11 is 5.90. The van der Waals surface area contributed by atoms with Gasteiger partial charge >= 0.3 is 6.03 Å². The van der Waals surface area contributed by atoms with E-state index in [0.29, 0.717) is 23.9 Å². The SMILES string of the molecule is O=C(Nc1ccc(F)cc1)N[C@H]1COC[C@H]1c1ccc(Cl)cc1. The molecule has 0 unspecified atom stereocenters. The van der Waals surface area contributed by atoms with Gasteiger partial charge in [0.15, 0.2) is 0 Å². The lowest BCUT2D eigenvalue weighted by Gasteiger charge is -2.20. The fourth-order valence-electron chi connectivity index (χ4n) is 2.60. The number of halogens is 2. The van der Waals surface area contributed by atoms with Crippen LogP contribution in [0.3, 0.4) is 0 Å². The summed E-state index contributed by atoms with van der Waals surface area (Å²) in [6.45, 7) is 0.993. The first-order valence-electron chi connectivity index (χ1n) is 7.28. The van der Waals surface area contributed by atoms with Gasteiger partial charge in [-0.15, -0.1) is 0 Å². The molecule has 6 heteroatoms. The van der Waals surface area contributed by atoms with Crippen molar-refractivity contribution in [1.82, 2.24) is 5.32 Å². The number of urea groups is 1. The maximum atomic E-state index is 12.9. The predicted molar refractivity (Wildman–Crippen MR) is 87.4 cm³/mol. The third-order valence-electron chi connectivity index (χ3n) is 3.80. The maximum Gasteiger partial charge on any atom is 0.319 e. The van der Waals surface area contributed by atoms with Gasteiger partial charge in [-0.05, 0) is 42.0 Å². The topological polar surface area (TPSA) is 50.4 Å². The first-order chi connectivity index (χ1) is 11.1. The first kappa shape index (κ1) is 15.8. The zero-order valence-electron chi connectivity index (χ0n) is 12.3. The fraction of sp³-hybridized carbons (Fsp3) is 0.235. The lowest BCUT2D eigenvalue weighted by atomic mass is 9.94. The highest BCUT2D eigenvalue weighted by atomic mass is 35.5. The molecule has 0 aromatic heterocycles. The van der Waals surface area contributed by atoms with Crippen molar-refractivity contribution in [1.29, 1.82) is 0 Å². The largest absolute Gasteiger partial charge is 0.379 e. The van der Waals surface area contributed by atoms with E-state index in [9.17, 15) is 9.18 Å². The van der Waals surface area contributed by atoms with E-state index in [4.69, 9.17) is 16.3 Å². The molecular weight excluding hydrogens is 319 g/mol. The van der Waals surface area contributed by atoms with Crippen molar-refractivity contribution in [2.45, 2.75) is 12.0 Å². The number of amides is 2. The normalized spacial score (nSPS) is 20.3. The molecule has 23 heavy (non-hydrogen) atoms. The Kier molecular flexibility index (Phi) is 4.79. The van der Waals surface area contributed by atoms with Crippen molar-refractivity contribution in [3.63, 3.8) is 0 Å². The molecule has 1 aliphatic rings. The Balaban J connectivity index is 1.62. The number of carbonyl (C=O) groups is 1. The monoisotopic (exact) mass is 334 g/mol. The highest BCUT2D eigenvalue weighted by Crippen LogP contribution is 2.27. The number of rotatable bonds is 3. The predicted octanol–water partition coefficient (Wildman–Crippen LogP) is 3.78. The van der Waals surface area contributed by atoms with Gasteiger partial charge in [-0.2, -0.15) is 0 Å². The van der Waals surface area contributed by atoms with Gasteiger partial charge in [0.2, 0.25) is 0 Å². The molecule has 0 spiro atoms. The summed E-state index contributed by atoms with van der Waals surface area (Å²) in [6.07, 6.45) is 0. The molecule has 2 aromatic carbocycles. The summed E-state index contributed by atoms with van der Waals surface area (Å²) in [5.41, 5.74) is 1.60. The molecule has 0 radical (unpaired) electrons. The Labute approximate surface area is 138 Å². The Hall–Kier alpha value is -2.11. The van der Waals surface area contributed by atoms with Crippen molar-refractivity contribution in [2.75, 3.05) is 18.5 Å². The number of carbonyl (C=O) groups excluding carboxylic acids is 1. The van der Waals surface area contributed by atoms with Crippen LogP contribution in [0.5, 0.6) is 0 Å². The van der Waals surface area contributed by atoms with E-state index in [1.54, 1.807) is 0 Å². The third kappa shape index (κ3) is 4.00. The van der Waals surface area contributed by atoms with Crippen LogP contribution in [0.1, 0.15) is 11.5 Å². The molecular formula is C17H16ClFN2O2. The van der Waals surface area contributed by atoms with Crippen molar-refractivity contribution in [3.8, 4) is 0 Å². The summed E-state index contributed by atoms with van der Waals surface area (Å²) < 4.78 is 18.4. The first-order valence-corrected chi connectivity index (χ1v) is 7.66. The van der Waals surface area contributed by atoms with Gasteiger partial charge in [-0.3, -0.25) is 0 Å². The van der Waals surface area contributed by atoms with Gasteiger partial charge < -0.3 is 15.4 Å². The van der Waals surface area contributed by atoms with Crippen LogP contribution >= 0.6 is 11.6 Å². The summed E-state index contributed by atoms with van der Waals surface area (Å²) in [5.74, 6) is -0.269. The van der Waals surface area contributed by atoms with Crippen molar-refractivity contribution < 1.29 is 13.9 Å². The Morgan fingerprint density at radius 1 is 1.09 bits per heavy atom. The number of ether oxygens (including phenoxy) is 1. The Bertz CT molecular complexity index is 676. The molecule has 4 nitrogen and oxygen atoms in total. The molecule has 2 aromatic rings. The molecule has 1 aliphatic heterocycles. The molecule has 2 amide bonds. The highest BCUT2D eigenvalue weighted by Gasteiger charge is 2.30. The molecule has 120 valence electrons. The van der Waals surface area contributed by atoms with Crippen LogP contribution in [0.4, 0.5) is 14.9 Å². The number of hydrogen-bond acceptors (Lipinski definition) is 2. The van der Waals surface area contributed by atoms with Crippen LogP contribution in [-0.4, -0.2) is 25.3 Å².